The zero-order valence-corrected chi connectivity index (χ0v) is 20.3. The van der Waals surface area contributed by atoms with Gasteiger partial charge in [-0.15, -0.1) is 24.0 Å². The minimum Gasteiger partial charge on any atom is -0.506 e. The number of likely N-dealkylation sites (tertiary alicyclic amines) is 1. The van der Waals surface area contributed by atoms with Crippen LogP contribution >= 0.6 is 24.0 Å². The van der Waals surface area contributed by atoms with Crippen LogP contribution in [0, 0.1) is 5.92 Å². The van der Waals surface area contributed by atoms with Crippen molar-refractivity contribution >= 4 is 35.6 Å². The fraction of sp³-hybridized carbons (Fsp3) is 0.682. The number of nitrogens with zero attached hydrogens (tertiary/aromatic N) is 4. The summed E-state index contributed by atoms with van der Waals surface area (Å²) in [5, 5.41) is 13.6. The van der Waals surface area contributed by atoms with E-state index in [0.717, 1.165) is 56.8 Å². The van der Waals surface area contributed by atoms with E-state index in [9.17, 15) is 5.11 Å². The maximum Gasteiger partial charge on any atom is 0.194 e. The van der Waals surface area contributed by atoms with E-state index in [2.05, 4.69) is 33.9 Å². The molecule has 164 valence electrons. The fourth-order valence-electron chi connectivity index (χ4n) is 4.26. The van der Waals surface area contributed by atoms with Gasteiger partial charge in [0.15, 0.2) is 5.96 Å². The summed E-state index contributed by atoms with van der Waals surface area (Å²) >= 11 is 0. The summed E-state index contributed by atoms with van der Waals surface area (Å²) in [5.41, 5.74) is 0.933. The molecule has 2 aliphatic heterocycles. The smallest absolute Gasteiger partial charge is 0.194 e. The first-order valence-electron chi connectivity index (χ1n) is 11.0. The summed E-state index contributed by atoms with van der Waals surface area (Å²) in [5.74, 6) is 2.24. The van der Waals surface area contributed by atoms with E-state index in [4.69, 9.17) is 4.99 Å². The molecular formula is C22H38IN5O. The molecule has 0 spiro atoms. The van der Waals surface area contributed by atoms with Gasteiger partial charge >= 0.3 is 0 Å². The molecule has 2 fully saturated rings. The van der Waals surface area contributed by atoms with Crippen molar-refractivity contribution in [1.82, 2.24) is 15.1 Å². The van der Waals surface area contributed by atoms with Gasteiger partial charge in [-0.05, 0) is 63.9 Å². The van der Waals surface area contributed by atoms with Crippen LogP contribution in [0.25, 0.3) is 0 Å². The molecule has 6 nitrogen and oxygen atoms in total. The van der Waals surface area contributed by atoms with Crippen LogP contribution in [0.4, 0.5) is 5.69 Å². The van der Waals surface area contributed by atoms with Crippen LogP contribution < -0.4 is 10.2 Å². The van der Waals surface area contributed by atoms with Gasteiger partial charge in [0.05, 0.1) is 5.69 Å². The van der Waals surface area contributed by atoms with E-state index in [1.54, 1.807) is 6.07 Å². The monoisotopic (exact) mass is 515 g/mol. The Labute approximate surface area is 193 Å². The maximum absolute atomic E-state index is 10.1. The number of phenols is 1. The van der Waals surface area contributed by atoms with Gasteiger partial charge in [0.2, 0.25) is 0 Å². The Bertz CT molecular complexity index is 625. The molecule has 2 heterocycles. The van der Waals surface area contributed by atoms with E-state index < -0.39 is 0 Å². The SMILES string of the molecule is CCNC(=NCCC1CCN(CC)CC1)N1CCN(c2ccccc2O)CC1.I. The number of piperazine rings is 1. The number of piperidine rings is 1. The average molecular weight is 515 g/mol. The standard InChI is InChI=1S/C22H37N5O.HI/c1-3-23-22(24-12-9-19-10-13-25(4-2)14-11-19)27-17-15-26(16-18-27)20-7-5-6-8-21(20)28;/h5-8,19,28H,3-4,9-18H2,1-2H3,(H,23,24);1H. The van der Waals surface area contributed by atoms with Crippen molar-refractivity contribution in [2.24, 2.45) is 10.9 Å². The summed E-state index contributed by atoms with van der Waals surface area (Å²) in [6.07, 6.45) is 3.84. The summed E-state index contributed by atoms with van der Waals surface area (Å²) in [6.45, 7) is 13.5. The van der Waals surface area contributed by atoms with Crippen LogP contribution in [0.1, 0.15) is 33.1 Å². The minimum atomic E-state index is 0. The number of rotatable bonds is 6. The lowest BCUT2D eigenvalue weighted by Gasteiger charge is -2.38. The number of hydrogen-bond acceptors (Lipinski definition) is 4. The molecule has 0 radical (unpaired) electrons. The van der Waals surface area contributed by atoms with E-state index >= 15 is 0 Å². The zero-order chi connectivity index (χ0) is 19.8. The van der Waals surface area contributed by atoms with E-state index in [1.165, 1.54) is 38.9 Å². The lowest BCUT2D eigenvalue weighted by molar-refractivity contribution is 0.188. The van der Waals surface area contributed by atoms with Crippen molar-refractivity contribution in [3.8, 4) is 5.75 Å². The van der Waals surface area contributed by atoms with Gasteiger partial charge in [0.1, 0.15) is 5.75 Å². The highest BCUT2D eigenvalue weighted by atomic mass is 127. The van der Waals surface area contributed by atoms with Gasteiger partial charge in [-0.25, -0.2) is 0 Å². The van der Waals surface area contributed by atoms with Gasteiger partial charge in [0.25, 0.3) is 0 Å². The molecule has 0 bridgehead atoms. The Hall–Kier alpha value is -1.22. The highest BCUT2D eigenvalue weighted by Crippen LogP contribution is 2.27. The largest absolute Gasteiger partial charge is 0.506 e. The van der Waals surface area contributed by atoms with Gasteiger partial charge in [0, 0.05) is 39.3 Å². The fourth-order valence-corrected chi connectivity index (χ4v) is 4.26. The predicted octanol–water partition coefficient (Wildman–Crippen LogP) is 3.22. The number of benzene rings is 1. The number of halogens is 1. The van der Waals surface area contributed by atoms with Gasteiger partial charge < -0.3 is 25.1 Å². The van der Waals surface area contributed by atoms with Crippen LogP contribution in [0.5, 0.6) is 5.75 Å². The van der Waals surface area contributed by atoms with E-state index in [1.807, 2.05) is 18.2 Å². The Balaban J connectivity index is 0.00000300. The first kappa shape index (κ1) is 24.1. The molecule has 0 unspecified atom stereocenters. The lowest BCUT2D eigenvalue weighted by Crippen LogP contribution is -2.52. The van der Waals surface area contributed by atoms with Crippen molar-refractivity contribution in [2.75, 3.05) is 63.8 Å². The second kappa shape index (κ2) is 12.5. The average Bonchev–Trinajstić information content (AvgIpc) is 2.74. The number of aromatic hydroxyl groups is 1. The first-order chi connectivity index (χ1) is 13.7. The molecule has 2 N–H and O–H groups in total. The Morgan fingerprint density at radius 3 is 2.38 bits per heavy atom. The molecule has 1 aromatic rings. The molecule has 0 aromatic heterocycles. The van der Waals surface area contributed by atoms with Crippen LogP contribution in [-0.4, -0.2) is 79.8 Å². The molecular weight excluding hydrogens is 477 g/mol. The lowest BCUT2D eigenvalue weighted by atomic mass is 9.94. The highest BCUT2D eigenvalue weighted by molar-refractivity contribution is 14.0. The second-order valence-electron chi connectivity index (χ2n) is 7.86. The van der Waals surface area contributed by atoms with Crippen molar-refractivity contribution < 1.29 is 5.11 Å². The minimum absolute atomic E-state index is 0. The van der Waals surface area contributed by atoms with Gasteiger partial charge in [-0.1, -0.05) is 19.1 Å². The molecule has 0 aliphatic carbocycles. The topological polar surface area (TPSA) is 54.3 Å². The molecule has 0 atom stereocenters. The normalized spacial score (nSPS) is 19.2. The summed E-state index contributed by atoms with van der Waals surface area (Å²) in [7, 11) is 0. The van der Waals surface area contributed by atoms with Crippen molar-refractivity contribution in [2.45, 2.75) is 33.1 Å². The predicted molar refractivity (Wildman–Crippen MR) is 133 cm³/mol. The molecule has 0 saturated carbocycles. The quantitative estimate of drug-likeness (QED) is 0.346. The summed E-state index contributed by atoms with van der Waals surface area (Å²) in [6, 6.07) is 7.61. The third kappa shape index (κ3) is 6.91. The van der Waals surface area contributed by atoms with Crippen LogP contribution in [0.15, 0.2) is 29.3 Å². The number of aliphatic imine (C=N–C) groups is 1. The van der Waals surface area contributed by atoms with Crippen molar-refractivity contribution in [3.63, 3.8) is 0 Å². The molecule has 29 heavy (non-hydrogen) atoms. The second-order valence-corrected chi connectivity index (χ2v) is 7.86. The third-order valence-electron chi connectivity index (χ3n) is 6.09. The Kier molecular flexibility index (Phi) is 10.3. The third-order valence-corrected chi connectivity index (χ3v) is 6.09. The summed E-state index contributed by atoms with van der Waals surface area (Å²) in [4.78, 5) is 12.1. The zero-order valence-electron chi connectivity index (χ0n) is 18.0. The summed E-state index contributed by atoms with van der Waals surface area (Å²) < 4.78 is 0. The van der Waals surface area contributed by atoms with Crippen molar-refractivity contribution in [3.05, 3.63) is 24.3 Å². The molecule has 2 saturated heterocycles. The van der Waals surface area contributed by atoms with Crippen LogP contribution in [-0.2, 0) is 0 Å². The number of hydrogen-bond donors (Lipinski definition) is 2. The molecule has 2 aliphatic rings. The van der Waals surface area contributed by atoms with Crippen LogP contribution in [0.3, 0.4) is 0 Å². The number of para-hydroxylation sites is 2. The maximum atomic E-state index is 10.1. The van der Waals surface area contributed by atoms with Gasteiger partial charge in [-0.2, -0.15) is 0 Å². The Morgan fingerprint density at radius 1 is 1.07 bits per heavy atom. The molecule has 0 amide bonds. The van der Waals surface area contributed by atoms with E-state index in [-0.39, 0.29) is 24.0 Å². The molecule has 7 heteroatoms. The van der Waals surface area contributed by atoms with E-state index in [0.29, 0.717) is 5.75 Å². The molecule has 1 aromatic carbocycles. The molecule has 3 rings (SSSR count). The van der Waals surface area contributed by atoms with Crippen LogP contribution in [0.2, 0.25) is 0 Å². The number of anilines is 1. The Morgan fingerprint density at radius 2 is 1.76 bits per heavy atom. The number of phenolic OH excluding ortho intramolecular Hbond substituents is 1. The van der Waals surface area contributed by atoms with Gasteiger partial charge in [-0.3, -0.25) is 4.99 Å². The highest BCUT2D eigenvalue weighted by Gasteiger charge is 2.22. The number of guanidine groups is 1. The number of nitrogens with one attached hydrogen (secondary N) is 1. The first-order valence-corrected chi connectivity index (χ1v) is 11.0. The van der Waals surface area contributed by atoms with Crippen molar-refractivity contribution in [1.29, 1.82) is 0 Å².